The molecule has 1 aliphatic heterocycles. The highest BCUT2D eigenvalue weighted by Gasteiger charge is 2.34. The Morgan fingerprint density at radius 1 is 1.09 bits per heavy atom. The van der Waals surface area contributed by atoms with Gasteiger partial charge in [0.2, 0.25) is 0 Å². The monoisotopic (exact) mass is 315 g/mol. The minimum atomic E-state index is -0.576. The maximum Gasteiger partial charge on any atom is 0.269 e. The highest BCUT2D eigenvalue weighted by molar-refractivity contribution is 5.33. The van der Waals surface area contributed by atoms with Gasteiger partial charge in [0.15, 0.2) is 6.29 Å². The quantitative estimate of drug-likeness (QED) is 0.639. The number of nitro groups is 1. The van der Waals surface area contributed by atoms with Gasteiger partial charge in [-0.25, -0.2) is 0 Å². The standard InChI is InChI=1S/C17H17NO5/c1-21-15-11-22-17(13-7-9-14(10-8-13)18(19)20)23-16(15)12-5-3-2-4-6-12/h2-10,15-17H,11H2,1H3/t15-,16-,17+/m1/s1. The van der Waals surface area contributed by atoms with E-state index < -0.39 is 11.2 Å². The Morgan fingerprint density at radius 3 is 2.39 bits per heavy atom. The van der Waals surface area contributed by atoms with Gasteiger partial charge in [0.05, 0.1) is 11.5 Å². The fraction of sp³-hybridized carbons (Fsp3) is 0.294. The Morgan fingerprint density at radius 2 is 1.78 bits per heavy atom. The summed E-state index contributed by atoms with van der Waals surface area (Å²) in [5.41, 5.74) is 1.79. The molecule has 3 atom stereocenters. The number of ether oxygens (including phenoxy) is 3. The molecule has 0 unspecified atom stereocenters. The van der Waals surface area contributed by atoms with Crippen molar-refractivity contribution in [3.8, 4) is 0 Å². The highest BCUT2D eigenvalue weighted by atomic mass is 16.7. The molecule has 0 N–H and O–H groups in total. The van der Waals surface area contributed by atoms with E-state index in [2.05, 4.69) is 0 Å². The van der Waals surface area contributed by atoms with Crippen molar-refractivity contribution >= 4 is 5.69 Å². The number of benzene rings is 2. The van der Waals surface area contributed by atoms with E-state index in [4.69, 9.17) is 14.2 Å². The van der Waals surface area contributed by atoms with Gasteiger partial charge >= 0.3 is 0 Å². The van der Waals surface area contributed by atoms with Gasteiger partial charge in [-0.2, -0.15) is 0 Å². The Labute approximate surface area is 133 Å². The van der Waals surface area contributed by atoms with Gasteiger partial charge < -0.3 is 14.2 Å². The zero-order valence-corrected chi connectivity index (χ0v) is 12.6. The van der Waals surface area contributed by atoms with Gasteiger partial charge in [0, 0.05) is 24.8 Å². The maximum atomic E-state index is 10.7. The first-order valence-corrected chi connectivity index (χ1v) is 7.28. The summed E-state index contributed by atoms with van der Waals surface area (Å²) in [7, 11) is 1.62. The van der Waals surface area contributed by atoms with Gasteiger partial charge in [-0.15, -0.1) is 0 Å². The number of hydrogen-bond acceptors (Lipinski definition) is 5. The normalized spacial score (nSPS) is 24.3. The summed E-state index contributed by atoms with van der Waals surface area (Å²) in [4.78, 5) is 10.3. The zero-order valence-electron chi connectivity index (χ0n) is 12.6. The summed E-state index contributed by atoms with van der Waals surface area (Å²) in [5, 5.41) is 10.7. The van der Waals surface area contributed by atoms with E-state index in [1.807, 2.05) is 30.3 Å². The summed E-state index contributed by atoms with van der Waals surface area (Å²) in [6, 6.07) is 16.0. The largest absolute Gasteiger partial charge is 0.376 e. The predicted octanol–water partition coefficient (Wildman–Crippen LogP) is 3.40. The average Bonchev–Trinajstić information content (AvgIpc) is 2.62. The molecule has 3 rings (SSSR count). The molecule has 0 bridgehead atoms. The summed E-state index contributed by atoms with van der Waals surface area (Å²) in [6.45, 7) is 0.387. The Kier molecular flexibility index (Phi) is 4.66. The third-order valence-corrected chi connectivity index (χ3v) is 3.83. The first-order chi connectivity index (χ1) is 11.2. The van der Waals surface area contributed by atoms with E-state index in [-0.39, 0.29) is 17.9 Å². The van der Waals surface area contributed by atoms with Gasteiger partial charge in [0.1, 0.15) is 12.2 Å². The van der Waals surface area contributed by atoms with Crippen LogP contribution in [0.15, 0.2) is 54.6 Å². The Bertz CT molecular complexity index is 658. The first kappa shape index (κ1) is 15.6. The fourth-order valence-corrected chi connectivity index (χ4v) is 2.59. The second kappa shape index (κ2) is 6.87. The number of non-ortho nitro benzene ring substituents is 1. The molecule has 6 nitrogen and oxygen atoms in total. The smallest absolute Gasteiger partial charge is 0.269 e. The second-order valence-corrected chi connectivity index (χ2v) is 5.26. The van der Waals surface area contributed by atoms with E-state index >= 15 is 0 Å². The van der Waals surface area contributed by atoms with Crippen molar-refractivity contribution in [1.82, 2.24) is 0 Å². The van der Waals surface area contributed by atoms with Gasteiger partial charge in [-0.05, 0) is 17.7 Å². The molecule has 0 aromatic heterocycles. The lowest BCUT2D eigenvalue weighted by Crippen LogP contribution is -2.36. The number of methoxy groups -OCH3 is 1. The Balaban J connectivity index is 1.81. The highest BCUT2D eigenvalue weighted by Crippen LogP contribution is 2.36. The number of nitro benzene ring substituents is 1. The lowest BCUT2D eigenvalue weighted by molar-refractivity contribution is -0.384. The minimum Gasteiger partial charge on any atom is -0.376 e. The zero-order chi connectivity index (χ0) is 16.2. The van der Waals surface area contributed by atoms with Crippen molar-refractivity contribution in [3.63, 3.8) is 0 Å². The van der Waals surface area contributed by atoms with Crippen molar-refractivity contribution < 1.29 is 19.1 Å². The lowest BCUT2D eigenvalue weighted by atomic mass is 10.0. The summed E-state index contributed by atoms with van der Waals surface area (Å²) in [6.07, 6.45) is -1.03. The molecule has 0 saturated carbocycles. The van der Waals surface area contributed by atoms with Crippen LogP contribution in [0.3, 0.4) is 0 Å². The molecule has 0 amide bonds. The molecule has 2 aromatic rings. The molecule has 0 aliphatic carbocycles. The molecule has 0 radical (unpaired) electrons. The lowest BCUT2D eigenvalue weighted by Gasteiger charge is -2.36. The van der Waals surface area contributed by atoms with Gasteiger partial charge in [0.25, 0.3) is 5.69 Å². The molecule has 6 heteroatoms. The van der Waals surface area contributed by atoms with Gasteiger partial charge in [-0.1, -0.05) is 30.3 Å². The van der Waals surface area contributed by atoms with E-state index in [0.29, 0.717) is 6.61 Å². The number of rotatable bonds is 4. The molecule has 1 fully saturated rings. The van der Waals surface area contributed by atoms with Crippen molar-refractivity contribution in [2.45, 2.75) is 18.5 Å². The summed E-state index contributed by atoms with van der Waals surface area (Å²) in [5.74, 6) is 0. The van der Waals surface area contributed by atoms with Crippen LogP contribution in [0.4, 0.5) is 5.69 Å². The first-order valence-electron chi connectivity index (χ1n) is 7.28. The third-order valence-electron chi connectivity index (χ3n) is 3.83. The fourth-order valence-electron chi connectivity index (χ4n) is 2.59. The van der Waals surface area contributed by atoms with E-state index in [9.17, 15) is 10.1 Å². The molecule has 23 heavy (non-hydrogen) atoms. The third kappa shape index (κ3) is 3.39. The predicted molar refractivity (Wildman–Crippen MR) is 82.9 cm³/mol. The molecule has 1 saturated heterocycles. The molecular formula is C17H17NO5. The van der Waals surface area contributed by atoms with Crippen LogP contribution in [0.2, 0.25) is 0 Å². The van der Waals surface area contributed by atoms with Crippen LogP contribution in [-0.2, 0) is 14.2 Å². The molecule has 120 valence electrons. The minimum absolute atomic E-state index is 0.0407. The Hall–Kier alpha value is -2.28. The second-order valence-electron chi connectivity index (χ2n) is 5.26. The van der Waals surface area contributed by atoms with E-state index in [1.165, 1.54) is 12.1 Å². The van der Waals surface area contributed by atoms with Crippen molar-refractivity contribution in [3.05, 3.63) is 75.8 Å². The van der Waals surface area contributed by atoms with Crippen LogP contribution < -0.4 is 0 Å². The summed E-state index contributed by atoms with van der Waals surface area (Å²) >= 11 is 0. The van der Waals surface area contributed by atoms with Gasteiger partial charge in [-0.3, -0.25) is 10.1 Å². The van der Waals surface area contributed by atoms with Crippen molar-refractivity contribution in [1.29, 1.82) is 0 Å². The van der Waals surface area contributed by atoms with Crippen molar-refractivity contribution in [2.75, 3.05) is 13.7 Å². The topological polar surface area (TPSA) is 70.8 Å². The molecular weight excluding hydrogens is 298 g/mol. The van der Waals surface area contributed by atoms with E-state index in [1.54, 1.807) is 19.2 Å². The molecule has 1 aliphatic rings. The molecule has 1 heterocycles. The molecule has 0 spiro atoms. The van der Waals surface area contributed by atoms with Crippen molar-refractivity contribution in [2.24, 2.45) is 0 Å². The van der Waals surface area contributed by atoms with Crippen LogP contribution in [-0.4, -0.2) is 24.7 Å². The maximum absolute atomic E-state index is 10.7. The van der Waals surface area contributed by atoms with E-state index in [0.717, 1.165) is 11.1 Å². The SMILES string of the molecule is CO[C@@H]1CO[C@H](c2ccc([N+](=O)[O-])cc2)O[C@@H]1c1ccccc1. The average molecular weight is 315 g/mol. The molecule has 2 aromatic carbocycles. The van der Waals surface area contributed by atoms with Crippen LogP contribution in [0, 0.1) is 10.1 Å². The number of nitrogens with zero attached hydrogens (tertiary/aromatic N) is 1. The number of hydrogen-bond donors (Lipinski definition) is 0. The summed E-state index contributed by atoms with van der Waals surface area (Å²) < 4.78 is 17.2. The van der Waals surface area contributed by atoms with Crippen LogP contribution in [0.5, 0.6) is 0 Å². The van der Waals surface area contributed by atoms with Crippen LogP contribution in [0.25, 0.3) is 0 Å². The van der Waals surface area contributed by atoms with Crippen LogP contribution >= 0.6 is 0 Å². The van der Waals surface area contributed by atoms with Crippen LogP contribution in [0.1, 0.15) is 23.5 Å².